The van der Waals surface area contributed by atoms with E-state index in [1.807, 2.05) is 35.8 Å². The van der Waals surface area contributed by atoms with Crippen molar-refractivity contribution in [2.75, 3.05) is 18.2 Å². The minimum Gasteiger partial charge on any atom is -0.497 e. The number of nitrogens with one attached hydrogen (secondary N) is 2. The first-order valence-electron chi connectivity index (χ1n) is 9.78. The van der Waals surface area contributed by atoms with Gasteiger partial charge in [-0.1, -0.05) is 30.0 Å². The zero-order valence-corrected chi connectivity index (χ0v) is 19.4. The van der Waals surface area contributed by atoms with Crippen molar-refractivity contribution in [3.63, 3.8) is 0 Å². The van der Waals surface area contributed by atoms with Gasteiger partial charge in [-0.3, -0.25) is 9.59 Å². The molecule has 0 bridgehead atoms. The number of carbonyl (C=O) groups is 2. The van der Waals surface area contributed by atoms with Gasteiger partial charge in [0.05, 0.1) is 25.3 Å². The van der Waals surface area contributed by atoms with Crippen molar-refractivity contribution >= 4 is 40.0 Å². The number of nitrogens with zero attached hydrogens (tertiary/aromatic N) is 4. The highest BCUT2D eigenvalue weighted by atomic mass is 32.2. The molecule has 2 heterocycles. The number of anilines is 1. The summed E-state index contributed by atoms with van der Waals surface area (Å²) in [5.41, 5.74) is 0.880. The number of benzene rings is 1. The molecule has 0 saturated carbocycles. The van der Waals surface area contributed by atoms with E-state index in [2.05, 4.69) is 32.4 Å². The van der Waals surface area contributed by atoms with Gasteiger partial charge >= 0.3 is 0 Å². The van der Waals surface area contributed by atoms with Crippen LogP contribution in [0.5, 0.6) is 5.75 Å². The minimum absolute atomic E-state index is 0.132. The Bertz CT molecular complexity index is 1050. The molecule has 2 aromatic heterocycles. The Morgan fingerprint density at radius 1 is 1.28 bits per heavy atom. The van der Waals surface area contributed by atoms with Crippen molar-refractivity contribution in [3.05, 3.63) is 59.9 Å². The van der Waals surface area contributed by atoms with Crippen LogP contribution in [0.1, 0.15) is 24.4 Å². The number of thiazole rings is 1. The number of carbonyl (C=O) groups excluding carboxylic acids is 2. The molecule has 0 radical (unpaired) electrons. The fourth-order valence-electron chi connectivity index (χ4n) is 2.88. The fourth-order valence-corrected chi connectivity index (χ4v) is 4.18. The summed E-state index contributed by atoms with van der Waals surface area (Å²) >= 11 is 2.62. The topological polar surface area (TPSA) is 111 Å². The number of amides is 2. The largest absolute Gasteiger partial charge is 0.497 e. The Balaban J connectivity index is 1.60. The van der Waals surface area contributed by atoms with Crippen LogP contribution in [0.15, 0.2) is 53.7 Å². The van der Waals surface area contributed by atoms with E-state index in [9.17, 15) is 9.59 Å². The minimum atomic E-state index is -0.369. The summed E-state index contributed by atoms with van der Waals surface area (Å²) in [6, 6.07) is 6.98. The predicted molar refractivity (Wildman–Crippen MR) is 125 cm³/mol. The Hall–Kier alpha value is -3.18. The van der Waals surface area contributed by atoms with Crippen LogP contribution in [0.25, 0.3) is 0 Å². The number of thioether (sulfide) groups is 1. The average molecular weight is 473 g/mol. The van der Waals surface area contributed by atoms with Crippen molar-refractivity contribution in [3.8, 4) is 5.75 Å². The lowest BCUT2D eigenvalue weighted by atomic mass is 10.1. The van der Waals surface area contributed by atoms with Crippen LogP contribution < -0.4 is 15.4 Å². The zero-order valence-electron chi connectivity index (χ0n) is 17.8. The molecule has 0 aliphatic heterocycles. The maximum atomic E-state index is 12.5. The Kier molecular flexibility index (Phi) is 8.40. The molecule has 1 atom stereocenters. The molecule has 0 fully saturated rings. The van der Waals surface area contributed by atoms with E-state index in [0.29, 0.717) is 22.7 Å². The summed E-state index contributed by atoms with van der Waals surface area (Å²) in [7, 11) is 1.60. The second kappa shape index (κ2) is 11.4. The Labute approximate surface area is 194 Å². The van der Waals surface area contributed by atoms with Gasteiger partial charge < -0.3 is 19.9 Å². The van der Waals surface area contributed by atoms with Crippen molar-refractivity contribution in [2.24, 2.45) is 0 Å². The third-order valence-electron chi connectivity index (χ3n) is 4.36. The lowest BCUT2D eigenvalue weighted by Gasteiger charge is -2.15. The molecular formula is C21H24N6O3S2. The molecule has 11 heteroatoms. The van der Waals surface area contributed by atoms with Gasteiger partial charge in [-0.2, -0.15) is 0 Å². The summed E-state index contributed by atoms with van der Waals surface area (Å²) in [6.45, 7) is 6.09. The Morgan fingerprint density at radius 2 is 2.06 bits per heavy atom. The number of hydrogen-bond donors (Lipinski definition) is 2. The normalized spacial score (nSPS) is 11.6. The van der Waals surface area contributed by atoms with E-state index >= 15 is 0 Å². The monoisotopic (exact) mass is 472 g/mol. The van der Waals surface area contributed by atoms with E-state index in [0.717, 1.165) is 11.3 Å². The molecule has 9 nitrogen and oxygen atoms in total. The van der Waals surface area contributed by atoms with Gasteiger partial charge in [-0.15, -0.1) is 28.1 Å². The molecule has 2 amide bonds. The fraction of sp³-hybridized carbons (Fsp3) is 0.286. The van der Waals surface area contributed by atoms with E-state index in [-0.39, 0.29) is 30.0 Å². The smallest absolute Gasteiger partial charge is 0.236 e. The summed E-state index contributed by atoms with van der Waals surface area (Å²) in [4.78, 5) is 28.7. The molecule has 32 heavy (non-hydrogen) atoms. The highest BCUT2D eigenvalue weighted by Crippen LogP contribution is 2.22. The van der Waals surface area contributed by atoms with Crippen molar-refractivity contribution < 1.29 is 14.3 Å². The maximum Gasteiger partial charge on any atom is 0.236 e. The van der Waals surface area contributed by atoms with Crippen LogP contribution in [-0.4, -0.2) is 44.4 Å². The molecular weight excluding hydrogens is 448 g/mol. The van der Waals surface area contributed by atoms with Crippen LogP contribution in [0.4, 0.5) is 5.13 Å². The highest BCUT2D eigenvalue weighted by Gasteiger charge is 2.20. The van der Waals surface area contributed by atoms with Crippen LogP contribution in [0, 0.1) is 0 Å². The number of ether oxygens (including phenoxy) is 1. The van der Waals surface area contributed by atoms with Gasteiger partial charge in [0.2, 0.25) is 11.8 Å². The highest BCUT2D eigenvalue weighted by molar-refractivity contribution is 7.99. The van der Waals surface area contributed by atoms with E-state index in [1.165, 1.54) is 23.1 Å². The summed E-state index contributed by atoms with van der Waals surface area (Å²) < 4.78 is 6.98. The molecule has 0 saturated heterocycles. The van der Waals surface area contributed by atoms with Gasteiger partial charge in [-0.05, 0) is 24.6 Å². The second-order valence-electron chi connectivity index (χ2n) is 6.73. The molecule has 168 valence electrons. The first kappa shape index (κ1) is 23.5. The molecule has 0 aliphatic carbocycles. The average Bonchev–Trinajstić information content (AvgIpc) is 3.43. The second-order valence-corrected chi connectivity index (χ2v) is 8.57. The summed E-state index contributed by atoms with van der Waals surface area (Å²) in [5, 5.41) is 17.1. The zero-order chi connectivity index (χ0) is 22.9. The van der Waals surface area contributed by atoms with Gasteiger partial charge in [0.1, 0.15) is 5.75 Å². The quantitative estimate of drug-likeness (QED) is 0.326. The number of rotatable bonds is 11. The number of methoxy groups -OCH3 is 1. The lowest BCUT2D eigenvalue weighted by Crippen LogP contribution is -2.30. The van der Waals surface area contributed by atoms with E-state index in [4.69, 9.17) is 4.74 Å². The molecule has 3 rings (SSSR count). The van der Waals surface area contributed by atoms with Crippen LogP contribution in [0.3, 0.4) is 0 Å². The molecule has 2 N–H and O–H groups in total. The van der Waals surface area contributed by atoms with Crippen molar-refractivity contribution in [2.45, 2.75) is 31.1 Å². The first-order valence-corrected chi connectivity index (χ1v) is 11.6. The number of hydrogen-bond acceptors (Lipinski definition) is 8. The molecule has 0 aliphatic rings. The summed E-state index contributed by atoms with van der Waals surface area (Å²) in [5.74, 6) is 1.18. The van der Waals surface area contributed by atoms with E-state index in [1.54, 1.807) is 24.8 Å². The van der Waals surface area contributed by atoms with Crippen LogP contribution >= 0.6 is 23.1 Å². The molecule has 0 spiro atoms. The van der Waals surface area contributed by atoms with Gasteiger partial charge in [0.15, 0.2) is 16.1 Å². The maximum absolute atomic E-state index is 12.5. The lowest BCUT2D eigenvalue weighted by molar-refractivity contribution is -0.121. The SMILES string of the molecule is C=CCn1c(SCC(=O)Nc2nccs2)nnc1[C@@H](C)NC(=O)Cc1ccc(OC)cc1. The first-order chi connectivity index (χ1) is 15.5. The molecule has 1 aromatic carbocycles. The third kappa shape index (κ3) is 6.41. The van der Waals surface area contributed by atoms with E-state index < -0.39 is 0 Å². The van der Waals surface area contributed by atoms with Crippen molar-refractivity contribution in [1.29, 1.82) is 0 Å². The van der Waals surface area contributed by atoms with Gasteiger partial charge in [0.25, 0.3) is 0 Å². The predicted octanol–water partition coefficient (Wildman–Crippen LogP) is 3.08. The van der Waals surface area contributed by atoms with Crippen LogP contribution in [-0.2, 0) is 22.6 Å². The van der Waals surface area contributed by atoms with Gasteiger partial charge in [0, 0.05) is 18.1 Å². The van der Waals surface area contributed by atoms with Crippen molar-refractivity contribution in [1.82, 2.24) is 25.1 Å². The molecule has 3 aromatic rings. The van der Waals surface area contributed by atoms with Gasteiger partial charge in [-0.25, -0.2) is 4.98 Å². The number of allylic oxidation sites excluding steroid dienone is 1. The number of aromatic nitrogens is 4. The third-order valence-corrected chi connectivity index (χ3v) is 6.01. The summed E-state index contributed by atoms with van der Waals surface area (Å²) in [6.07, 6.45) is 3.59. The standard InChI is InChI=1S/C21H24N6O3S2/c1-4-10-27-19(14(2)23-17(28)12-15-5-7-16(30-3)8-6-15)25-26-21(27)32-13-18(29)24-20-22-9-11-31-20/h4-9,11,14H,1,10,12-13H2,2-3H3,(H,23,28)(H,22,24,29)/t14-/m1/s1. The Morgan fingerprint density at radius 3 is 2.72 bits per heavy atom. The molecule has 0 unspecified atom stereocenters. The van der Waals surface area contributed by atoms with Crippen LogP contribution in [0.2, 0.25) is 0 Å².